The minimum Gasteiger partial charge on any atom is -0.464 e. The number of carbonyl (C=O) groups excluding carboxylic acids is 3. The lowest BCUT2D eigenvalue weighted by Gasteiger charge is -2.12. The van der Waals surface area contributed by atoms with Crippen LogP contribution in [0, 0.1) is 12.8 Å². The predicted octanol–water partition coefficient (Wildman–Crippen LogP) is 3.23. The molecule has 1 saturated heterocycles. The van der Waals surface area contributed by atoms with Gasteiger partial charge in [-0.1, -0.05) is 38.1 Å². The first kappa shape index (κ1) is 17.3. The van der Waals surface area contributed by atoms with E-state index < -0.39 is 17.1 Å². The second kappa shape index (κ2) is 7.46. The summed E-state index contributed by atoms with van der Waals surface area (Å²) < 4.78 is 5.02. The molecule has 0 saturated carbocycles. The molecule has 1 aromatic carbocycles. The van der Waals surface area contributed by atoms with Gasteiger partial charge in [0.25, 0.3) is 11.1 Å². The van der Waals surface area contributed by atoms with Crippen LogP contribution < -0.4 is 0 Å². The summed E-state index contributed by atoms with van der Waals surface area (Å²) in [5.41, 5.74) is 1.89. The highest BCUT2D eigenvalue weighted by atomic mass is 32.2. The summed E-state index contributed by atoms with van der Waals surface area (Å²) >= 11 is 0.842. The lowest BCUT2D eigenvalue weighted by atomic mass is 10.1. The Bertz CT molecular complexity index is 666. The molecule has 0 spiro atoms. The van der Waals surface area contributed by atoms with E-state index in [1.807, 2.05) is 45.0 Å². The Hall–Kier alpha value is -2.08. The molecule has 6 heteroatoms. The molecule has 122 valence electrons. The number of hydrogen-bond acceptors (Lipinski definition) is 5. The molecule has 2 rings (SSSR count). The molecular formula is C17H19NO4S. The van der Waals surface area contributed by atoms with Crippen molar-refractivity contribution in [2.75, 3.05) is 13.2 Å². The van der Waals surface area contributed by atoms with Crippen LogP contribution in [0.4, 0.5) is 4.79 Å². The molecule has 23 heavy (non-hydrogen) atoms. The number of ether oxygens (including phenoxy) is 1. The van der Waals surface area contributed by atoms with E-state index in [0.29, 0.717) is 4.91 Å². The second-order valence-corrected chi connectivity index (χ2v) is 6.69. The molecule has 0 N–H and O–H groups in total. The third-order valence-corrected chi connectivity index (χ3v) is 4.12. The molecule has 0 aliphatic carbocycles. The lowest BCUT2D eigenvalue weighted by molar-refractivity contribution is -0.147. The maximum atomic E-state index is 12.3. The Labute approximate surface area is 139 Å². The Morgan fingerprint density at radius 3 is 2.65 bits per heavy atom. The topological polar surface area (TPSA) is 63.7 Å². The number of amides is 2. The van der Waals surface area contributed by atoms with Gasteiger partial charge in [-0.2, -0.15) is 0 Å². The molecule has 0 atom stereocenters. The molecular weight excluding hydrogens is 314 g/mol. The molecule has 1 aromatic rings. The number of esters is 1. The van der Waals surface area contributed by atoms with Crippen LogP contribution in [-0.2, 0) is 14.3 Å². The zero-order chi connectivity index (χ0) is 17.0. The molecule has 1 heterocycles. The van der Waals surface area contributed by atoms with Gasteiger partial charge in [-0.25, -0.2) is 0 Å². The van der Waals surface area contributed by atoms with Crippen LogP contribution in [-0.4, -0.2) is 35.2 Å². The molecule has 5 nitrogen and oxygen atoms in total. The standard InChI is InChI=1S/C17H19NO4S/c1-11(2)10-22-15(19)9-18-16(20)14(23-17(18)21)8-13-7-5-4-6-12(13)3/h4-8,11H,9-10H2,1-3H3/b14-8+. The third-order valence-electron chi connectivity index (χ3n) is 3.21. The highest BCUT2D eigenvalue weighted by Gasteiger charge is 2.36. The highest BCUT2D eigenvalue weighted by molar-refractivity contribution is 8.18. The van der Waals surface area contributed by atoms with Crippen LogP contribution in [0.15, 0.2) is 29.2 Å². The third kappa shape index (κ3) is 4.45. The van der Waals surface area contributed by atoms with Crippen molar-refractivity contribution < 1.29 is 19.1 Å². The largest absolute Gasteiger partial charge is 0.464 e. The summed E-state index contributed by atoms with van der Waals surface area (Å²) in [5.74, 6) is -0.822. The van der Waals surface area contributed by atoms with Crippen LogP contribution in [0.2, 0.25) is 0 Å². The quantitative estimate of drug-likeness (QED) is 0.611. The van der Waals surface area contributed by atoms with Crippen molar-refractivity contribution >= 4 is 35.0 Å². The van der Waals surface area contributed by atoms with Crippen molar-refractivity contribution in [3.05, 3.63) is 40.3 Å². The zero-order valence-electron chi connectivity index (χ0n) is 13.4. The van der Waals surface area contributed by atoms with E-state index in [1.54, 1.807) is 6.08 Å². The van der Waals surface area contributed by atoms with Crippen LogP contribution in [0.25, 0.3) is 6.08 Å². The Morgan fingerprint density at radius 1 is 1.30 bits per heavy atom. The number of rotatable bonds is 5. The van der Waals surface area contributed by atoms with Crippen molar-refractivity contribution in [3.8, 4) is 0 Å². The van der Waals surface area contributed by atoms with Gasteiger partial charge >= 0.3 is 5.97 Å². The average Bonchev–Trinajstić information content (AvgIpc) is 2.75. The predicted molar refractivity (Wildman–Crippen MR) is 89.7 cm³/mol. The highest BCUT2D eigenvalue weighted by Crippen LogP contribution is 2.32. The van der Waals surface area contributed by atoms with E-state index in [4.69, 9.17) is 4.74 Å². The number of benzene rings is 1. The normalized spacial score (nSPS) is 16.5. The first-order valence-electron chi connectivity index (χ1n) is 7.35. The molecule has 1 aliphatic heterocycles. The SMILES string of the molecule is Cc1ccccc1/C=C1/SC(=O)N(CC(=O)OCC(C)C)C1=O. The lowest BCUT2D eigenvalue weighted by Crippen LogP contribution is -2.34. The van der Waals surface area contributed by atoms with Crippen molar-refractivity contribution in [1.82, 2.24) is 4.90 Å². The van der Waals surface area contributed by atoms with Crippen molar-refractivity contribution in [2.24, 2.45) is 5.92 Å². The number of aryl methyl sites for hydroxylation is 1. The summed E-state index contributed by atoms with van der Waals surface area (Å²) in [6.07, 6.45) is 1.68. The van der Waals surface area contributed by atoms with Gasteiger partial charge in [-0.3, -0.25) is 19.3 Å². The van der Waals surface area contributed by atoms with E-state index >= 15 is 0 Å². The number of carbonyl (C=O) groups is 3. The minimum absolute atomic E-state index is 0.204. The fourth-order valence-corrected chi connectivity index (χ4v) is 2.79. The maximum absolute atomic E-state index is 12.3. The number of hydrogen-bond donors (Lipinski definition) is 0. The number of thioether (sulfide) groups is 1. The van der Waals surface area contributed by atoms with E-state index in [0.717, 1.165) is 27.8 Å². The average molecular weight is 333 g/mol. The number of nitrogens with zero attached hydrogens (tertiary/aromatic N) is 1. The summed E-state index contributed by atoms with van der Waals surface area (Å²) in [6, 6.07) is 7.58. The fraction of sp³-hybridized carbons (Fsp3) is 0.353. The molecule has 0 bridgehead atoms. The summed E-state index contributed by atoms with van der Waals surface area (Å²) in [5, 5.41) is -0.448. The Morgan fingerprint density at radius 2 is 2.00 bits per heavy atom. The van der Waals surface area contributed by atoms with Crippen LogP contribution in [0.1, 0.15) is 25.0 Å². The van der Waals surface area contributed by atoms with E-state index in [9.17, 15) is 14.4 Å². The molecule has 0 radical (unpaired) electrons. The smallest absolute Gasteiger partial charge is 0.326 e. The van der Waals surface area contributed by atoms with Gasteiger partial charge < -0.3 is 4.74 Å². The molecule has 1 fully saturated rings. The van der Waals surface area contributed by atoms with E-state index in [2.05, 4.69) is 0 Å². The van der Waals surface area contributed by atoms with Crippen LogP contribution >= 0.6 is 11.8 Å². The monoisotopic (exact) mass is 333 g/mol. The zero-order valence-corrected chi connectivity index (χ0v) is 14.2. The first-order chi connectivity index (χ1) is 10.9. The minimum atomic E-state index is -0.571. The summed E-state index contributed by atoms with van der Waals surface area (Å²) in [7, 11) is 0. The molecule has 1 aliphatic rings. The van der Waals surface area contributed by atoms with Crippen molar-refractivity contribution in [2.45, 2.75) is 20.8 Å². The maximum Gasteiger partial charge on any atom is 0.326 e. The van der Waals surface area contributed by atoms with Gasteiger partial charge in [0.2, 0.25) is 0 Å². The van der Waals surface area contributed by atoms with E-state index in [-0.39, 0.29) is 19.1 Å². The van der Waals surface area contributed by atoms with E-state index in [1.165, 1.54) is 0 Å². The second-order valence-electron chi connectivity index (χ2n) is 5.70. The summed E-state index contributed by atoms with van der Waals surface area (Å²) in [6.45, 7) is 5.69. The van der Waals surface area contributed by atoms with Crippen LogP contribution in [0.3, 0.4) is 0 Å². The van der Waals surface area contributed by atoms with Gasteiger partial charge in [0.1, 0.15) is 6.54 Å². The summed E-state index contributed by atoms with van der Waals surface area (Å²) in [4.78, 5) is 37.2. The van der Waals surface area contributed by atoms with Gasteiger partial charge in [0, 0.05) is 0 Å². The Kier molecular flexibility index (Phi) is 5.60. The molecule has 0 aromatic heterocycles. The van der Waals surface area contributed by atoms with Gasteiger partial charge in [0.15, 0.2) is 0 Å². The van der Waals surface area contributed by atoms with Gasteiger partial charge in [0.05, 0.1) is 11.5 Å². The van der Waals surface area contributed by atoms with Crippen molar-refractivity contribution in [3.63, 3.8) is 0 Å². The van der Waals surface area contributed by atoms with Crippen LogP contribution in [0.5, 0.6) is 0 Å². The molecule has 0 unspecified atom stereocenters. The van der Waals surface area contributed by atoms with Gasteiger partial charge in [-0.05, 0) is 41.8 Å². The van der Waals surface area contributed by atoms with Gasteiger partial charge in [-0.15, -0.1) is 0 Å². The number of imide groups is 1. The molecule has 2 amide bonds. The fourth-order valence-electron chi connectivity index (χ4n) is 1.96. The van der Waals surface area contributed by atoms with Crippen molar-refractivity contribution in [1.29, 1.82) is 0 Å². The Balaban J connectivity index is 2.08. The first-order valence-corrected chi connectivity index (χ1v) is 8.16.